The van der Waals surface area contributed by atoms with Gasteiger partial charge in [-0.05, 0) is 36.8 Å². The van der Waals surface area contributed by atoms with Gasteiger partial charge in [0.1, 0.15) is 0 Å². The number of anilines is 1. The van der Waals surface area contributed by atoms with E-state index in [1.54, 1.807) is 0 Å². The molecule has 1 aromatic rings. The molecule has 1 atom stereocenters. The van der Waals surface area contributed by atoms with Gasteiger partial charge < -0.3 is 10.6 Å². The quantitative estimate of drug-likeness (QED) is 0.907. The first kappa shape index (κ1) is 14.6. The summed E-state index contributed by atoms with van der Waals surface area (Å²) in [6.07, 6.45) is 7.12. The first-order valence-corrected chi connectivity index (χ1v) is 8.25. The molecule has 0 radical (unpaired) electrons. The second-order valence-electron chi connectivity index (χ2n) is 7.04. The van der Waals surface area contributed by atoms with Crippen molar-refractivity contribution in [2.24, 2.45) is 11.7 Å². The van der Waals surface area contributed by atoms with Gasteiger partial charge in [0.2, 0.25) is 5.91 Å². The van der Waals surface area contributed by atoms with Crippen LogP contribution in [0.2, 0.25) is 0 Å². The molecule has 1 heterocycles. The highest BCUT2D eigenvalue weighted by atomic mass is 16.2. The second-order valence-corrected chi connectivity index (χ2v) is 7.04. The predicted octanol–water partition coefficient (Wildman–Crippen LogP) is 3.26. The van der Waals surface area contributed by atoms with E-state index >= 15 is 0 Å². The van der Waals surface area contributed by atoms with E-state index in [4.69, 9.17) is 5.73 Å². The molecule has 3 heteroatoms. The molecule has 2 N–H and O–H groups in total. The van der Waals surface area contributed by atoms with Crippen LogP contribution in [0.15, 0.2) is 24.3 Å². The highest BCUT2D eigenvalue weighted by molar-refractivity contribution is 5.95. The summed E-state index contributed by atoms with van der Waals surface area (Å²) < 4.78 is 0. The molecule has 3 rings (SSSR count). The number of benzene rings is 1. The lowest BCUT2D eigenvalue weighted by atomic mass is 9.79. The van der Waals surface area contributed by atoms with Crippen LogP contribution in [0.3, 0.4) is 0 Å². The van der Waals surface area contributed by atoms with Crippen LogP contribution in [0.1, 0.15) is 51.0 Å². The van der Waals surface area contributed by atoms with Gasteiger partial charge >= 0.3 is 0 Å². The third-order valence-corrected chi connectivity index (χ3v) is 5.00. The maximum Gasteiger partial charge on any atom is 0.228 e. The number of nitrogens with two attached hydrogens (primary N) is 1. The molecule has 1 unspecified atom stereocenters. The molecule has 0 aromatic heterocycles. The highest BCUT2D eigenvalue weighted by Crippen LogP contribution is 2.33. The molecule has 0 bridgehead atoms. The Morgan fingerprint density at radius 3 is 2.76 bits per heavy atom. The largest absolute Gasteiger partial charge is 0.325 e. The molecule has 1 aromatic carbocycles. The van der Waals surface area contributed by atoms with Gasteiger partial charge in [-0.2, -0.15) is 0 Å². The number of para-hydroxylation sites is 1. The predicted molar refractivity (Wildman–Crippen MR) is 86.3 cm³/mol. The van der Waals surface area contributed by atoms with Crippen LogP contribution >= 0.6 is 0 Å². The summed E-state index contributed by atoms with van der Waals surface area (Å²) in [5, 5.41) is 0. The summed E-state index contributed by atoms with van der Waals surface area (Å²) >= 11 is 0. The normalized spacial score (nSPS) is 24.5. The molecule has 114 valence electrons. The van der Waals surface area contributed by atoms with E-state index in [0.29, 0.717) is 12.3 Å². The van der Waals surface area contributed by atoms with Crippen molar-refractivity contribution in [2.75, 3.05) is 11.4 Å². The zero-order valence-electron chi connectivity index (χ0n) is 13.0. The first-order chi connectivity index (χ1) is 10.1. The van der Waals surface area contributed by atoms with Crippen LogP contribution in [0.4, 0.5) is 5.69 Å². The molecular formula is C18H26N2O. The van der Waals surface area contributed by atoms with Crippen LogP contribution in [0.5, 0.6) is 0 Å². The maximum absolute atomic E-state index is 12.8. The minimum absolute atomic E-state index is 0.207. The Bertz CT molecular complexity index is 520. The summed E-state index contributed by atoms with van der Waals surface area (Å²) in [6.45, 7) is 3.04. The van der Waals surface area contributed by atoms with E-state index in [9.17, 15) is 4.79 Å². The Kier molecular flexibility index (Phi) is 4.03. The monoisotopic (exact) mass is 286 g/mol. The minimum atomic E-state index is -0.273. The van der Waals surface area contributed by atoms with Crippen LogP contribution in [0, 0.1) is 5.92 Å². The van der Waals surface area contributed by atoms with Crippen LogP contribution in [0.25, 0.3) is 0 Å². The fourth-order valence-electron chi connectivity index (χ4n) is 3.86. The molecule has 0 saturated heterocycles. The van der Waals surface area contributed by atoms with E-state index in [0.717, 1.165) is 44.3 Å². The minimum Gasteiger partial charge on any atom is -0.325 e. The molecule has 1 aliphatic heterocycles. The van der Waals surface area contributed by atoms with E-state index in [1.807, 2.05) is 11.0 Å². The molecule has 1 fully saturated rings. The lowest BCUT2D eigenvalue weighted by Crippen LogP contribution is -2.48. The average Bonchev–Trinajstić information content (AvgIpc) is 2.46. The molecule has 3 nitrogen and oxygen atoms in total. The Balaban J connectivity index is 1.78. The molecule has 1 saturated carbocycles. The average molecular weight is 286 g/mol. The highest BCUT2D eigenvalue weighted by Gasteiger charge is 2.34. The van der Waals surface area contributed by atoms with Gasteiger partial charge in [-0.3, -0.25) is 4.79 Å². The Morgan fingerprint density at radius 2 is 2.00 bits per heavy atom. The van der Waals surface area contributed by atoms with E-state index in [1.165, 1.54) is 12.0 Å². The standard InChI is InChI=1S/C18H26N2O/c1-14-11-15-7-3-4-8-16(15)20(13-14)17(21)12-18(19)9-5-2-6-10-18/h3-4,7-8,14H,2,5-6,9-13,19H2,1H3. The number of hydrogen-bond donors (Lipinski definition) is 1. The van der Waals surface area contributed by atoms with Crippen LogP contribution in [-0.4, -0.2) is 18.0 Å². The number of carbonyl (C=O) groups is 1. The fourth-order valence-corrected chi connectivity index (χ4v) is 3.86. The summed E-state index contributed by atoms with van der Waals surface area (Å²) in [5.41, 5.74) is 8.59. The van der Waals surface area contributed by atoms with Crippen molar-refractivity contribution in [2.45, 2.75) is 57.4 Å². The Labute approximate surface area is 127 Å². The first-order valence-electron chi connectivity index (χ1n) is 8.25. The molecular weight excluding hydrogens is 260 g/mol. The third-order valence-electron chi connectivity index (χ3n) is 5.00. The Hall–Kier alpha value is -1.35. The number of hydrogen-bond acceptors (Lipinski definition) is 2. The zero-order valence-corrected chi connectivity index (χ0v) is 13.0. The maximum atomic E-state index is 12.8. The fraction of sp³-hybridized carbons (Fsp3) is 0.611. The van der Waals surface area contributed by atoms with Crippen molar-refractivity contribution in [3.8, 4) is 0 Å². The summed E-state index contributed by atoms with van der Waals surface area (Å²) in [7, 11) is 0. The van der Waals surface area contributed by atoms with Gasteiger partial charge in [0.25, 0.3) is 0 Å². The van der Waals surface area contributed by atoms with E-state index in [-0.39, 0.29) is 11.4 Å². The van der Waals surface area contributed by atoms with Gasteiger partial charge in [0.05, 0.1) is 0 Å². The molecule has 2 aliphatic rings. The molecule has 0 spiro atoms. The van der Waals surface area contributed by atoms with Crippen molar-refractivity contribution in [3.05, 3.63) is 29.8 Å². The number of nitrogens with zero attached hydrogens (tertiary/aromatic N) is 1. The zero-order chi connectivity index (χ0) is 14.9. The van der Waals surface area contributed by atoms with Crippen molar-refractivity contribution in [1.82, 2.24) is 0 Å². The molecule has 21 heavy (non-hydrogen) atoms. The summed E-state index contributed by atoms with van der Waals surface area (Å²) in [5.74, 6) is 0.724. The van der Waals surface area contributed by atoms with Crippen molar-refractivity contribution >= 4 is 11.6 Å². The number of carbonyl (C=O) groups excluding carboxylic acids is 1. The lowest BCUT2D eigenvalue weighted by molar-refractivity contribution is -0.120. The van der Waals surface area contributed by atoms with E-state index in [2.05, 4.69) is 25.1 Å². The third kappa shape index (κ3) is 3.13. The van der Waals surface area contributed by atoms with Gasteiger partial charge in [-0.15, -0.1) is 0 Å². The van der Waals surface area contributed by atoms with Gasteiger partial charge in [-0.25, -0.2) is 0 Å². The van der Waals surface area contributed by atoms with Gasteiger partial charge in [-0.1, -0.05) is 44.4 Å². The van der Waals surface area contributed by atoms with Gasteiger partial charge in [0.15, 0.2) is 0 Å². The van der Waals surface area contributed by atoms with Crippen LogP contribution < -0.4 is 10.6 Å². The molecule has 1 amide bonds. The summed E-state index contributed by atoms with van der Waals surface area (Å²) in [6, 6.07) is 8.30. The smallest absolute Gasteiger partial charge is 0.228 e. The van der Waals surface area contributed by atoms with Crippen LogP contribution in [-0.2, 0) is 11.2 Å². The topological polar surface area (TPSA) is 46.3 Å². The number of rotatable bonds is 2. The van der Waals surface area contributed by atoms with Crippen molar-refractivity contribution in [1.29, 1.82) is 0 Å². The number of amides is 1. The lowest BCUT2D eigenvalue weighted by Gasteiger charge is -2.38. The van der Waals surface area contributed by atoms with Gasteiger partial charge in [0, 0.05) is 24.2 Å². The SMILES string of the molecule is CC1Cc2ccccc2N(C(=O)CC2(N)CCCCC2)C1. The van der Waals surface area contributed by atoms with Crippen molar-refractivity contribution in [3.63, 3.8) is 0 Å². The number of fused-ring (bicyclic) bond motifs is 1. The Morgan fingerprint density at radius 1 is 1.29 bits per heavy atom. The second kappa shape index (κ2) is 5.80. The molecule has 1 aliphatic carbocycles. The summed E-state index contributed by atoms with van der Waals surface area (Å²) in [4.78, 5) is 14.8. The van der Waals surface area contributed by atoms with Crippen molar-refractivity contribution < 1.29 is 4.79 Å². The van der Waals surface area contributed by atoms with E-state index < -0.39 is 0 Å².